The van der Waals surface area contributed by atoms with Crippen LogP contribution >= 0.6 is 0 Å². The van der Waals surface area contributed by atoms with Crippen LogP contribution in [0.2, 0.25) is 0 Å². The van der Waals surface area contributed by atoms with Crippen molar-refractivity contribution < 1.29 is 14.4 Å². The zero-order chi connectivity index (χ0) is 20.4. The lowest BCUT2D eigenvalue weighted by atomic mass is 9.52. The third kappa shape index (κ3) is 4.28. The average molecular weight is 397 g/mol. The van der Waals surface area contributed by atoms with Crippen LogP contribution in [0.3, 0.4) is 0 Å². The number of ether oxygens (including phenoxy) is 1. The number of rotatable bonds is 8. The van der Waals surface area contributed by atoms with Crippen molar-refractivity contribution in [3.63, 3.8) is 0 Å². The van der Waals surface area contributed by atoms with Gasteiger partial charge < -0.3 is 14.5 Å². The normalized spacial score (nSPS) is 30.6. The summed E-state index contributed by atoms with van der Waals surface area (Å²) in [4.78, 5) is 16.8. The van der Waals surface area contributed by atoms with Gasteiger partial charge in [-0.05, 0) is 68.4 Å². The fourth-order valence-electron chi connectivity index (χ4n) is 6.73. The Morgan fingerprint density at radius 2 is 1.90 bits per heavy atom. The second kappa shape index (κ2) is 8.36. The minimum absolute atomic E-state index is 0.0267. The minimum atomic E-state index is 0.0267. The summed E-state index contributed by atoms with van der Waals surface area (Å²) in [5.74, 6) is 3.45. The monoisotopic (exact) mass is 396 g/mol. The first kappa shape index (κ1) is 20.2. The Labute approximate surface area is 174 Å². The number of hydrogen-bond donors (Lipinski definition) is 1. The number of methoxy groups -OCH3 is 1. The molecule has 5 nitrogen and oxygen atoms in total. The summed E-state index contributed by atoms with van der Waals surface area (Å²) in [5.41, 5.74) is 1.20. The highest BCUT2D eigenvalue weighted by Crippen LogP contribution is 2.57. The molecule has 0 aromatic heterocycles. The molecule has 0 spiro atoms. The van der Waals surface area contributed by atoms with Crippen molar-refractivity contribution in [3.05, 3.63) is 29.8 Å². The molecule has 29 heavy (non-hydrogen) atoms. The zero-order valence-corrected chi connectivity index (χ0v) is 17.8. The van der Waals surface area contributed by atoms with E-state index in [2.05, 4.69) is 24.1 Å². The van der Waals surface area contributed by atoms with Gasteiger partial charge in [-0.15, -0.1) is 0 Å². The molecule has 1 aromatic rings. The Kier molecular flexibility index (Phi) is 5.83. The summed E-state index contributed by atoms with van der Waals surface area (Å²) in [7, 11) is 3.76. The molecule has 4 bridgehead atoms. The molecular weight excluding hydrogens is 362 g/mol. The van der Waals surface area contributed by atoms with Gasteiger partial charge in [0, 0.05) is 17.6 Å². The second-order valence-corrected chi connectivity index (χ2v) is 9.76. The predicted molar refractivity (Wildman–Crippen MR) is 111 cm³/mol. The topological polar surface area (TPSA) is 57.8 Å². The lowest BCUT2D eigenvalue weighted by molar-refractivity contribution is -0.885. The van der Waals surface area contributed by atoms with Crippen molar-refractivity contribution >= 4 is 5.91 Å². The van der Waals surface area contributed by atoms with Crippen LogP contribution in [0.25, 0.3) is 0 Å². The summed E-state index contributed by atoms with van der Waals surface area (Å²) in [5, 5.41) is 9.20. The van der Waals surface area contributed by atoms with E-state index in [1.807, 2.05) is 18.2 Å². The fraction of sp³-hybridized carbons (Fsp3) is 0.667. The Hall–Kier alpha value is -2.06. The third-order valence-electron chi connectivity index (χ3n) is 7.42. The second-order valence-electron chi connectivity index (χ2n) is 9.76. The van der Waals surface area contributed by atoms with Crippen molar-refractivity contribution in [1.82, 2.24) is 4.90 Å². The Balaban J connectivity index is 1.45. The van der Waals surface area contributed by atoms with Crippen molar-refractivity contribution in [2.75, 3.05) is 27.2 Å². The number of quaternary nitrogens is 1. The molecule has 1 aromatic carbocycles. The van der Waals surface area contributed by atoms with Gasteiger partial charge in [-0.2, -0.15) is 5.26 Å². The van der Waals surface area contributed by atoms with Crippen molar-refractivity contribution in [3.8, 4) is 11.8 Å². The van der Waals surface area contributed by atoms with Gasteiger partial charge in [-0.3, -0.25) is 4.79 Å². The molecule has 4 fully saturated rings. The highest BCUT2D eigenvalue weighted by atomic mass is 16.5. The zero-order valence-electron chi connectivity index (χ0n) is 17.8. The molecule has 0 saturated heterocycles. The summed E-state index contributed by atoms with van der Waals surface area (Å²) in [6, 6.07) is 10.3. The fourth-order valence-corrected chi connectivity index (χ4v) is 6.73. The lowest BCUT2D eigenvalue weighted by Gasteiger charge is -2.60. The molecule has 156 valence electrons. The van der Waals surface area contributed by atoms with E-state index >= 15 is 0 Å². The first-order valence-corrected chi connectivity index (χ1v) is 11.1. The van der Waals surface area contributed by atoms with Crippen molar-refractivity contribution in [2.45, 2.75) is 57.0 Å². The Bertz CT molecular complexity index is 749. The molecule has 0 aliphatic heterocycles. The first-order valence-electron chi connectivity index (χ1n) is 11.1. The van der Waals surface area contributed by atoms with Crippen molar-refractivity contribution in [2.24, 2.45) is 17.8 Å². The Morgan fingerprint density at radius 3 is 2.48 bits per heavy atom. The Morgan fingerprint density at radius 1 is 1.24 bits per heavy atom. The van der Waals surface area contributed by atoms with E-state index in [0.29, 0.717) is 19.5 Å². The smallest absolute Gasteiger partial charge is 0.278 e. The molecule has 1 amide bonds. The lowest BCUT2D eigenvalue weighted by Crippen LogP contribution is -3.09. The van der Waals surface area contributed by atoms with E-state index in [0.717, 1.165) is 49.3 Å². The van der Waals surface area contributed by atoms with E-state index < -0.39 is 0 Å². The SMILES string of the molecule is COc1cccc(C[NH+](C)CC(=O)N(CCC#N)C23CC4CC(CC(C4)C2)C3)c1. The highest BCUT2D eigenvalue weighted by molar-refractivity contribution is 5.78. The maximum atomic E-state index is 13.5. The highest BCUT2D eigenvalue weighted by Gasteiger charge is 2.54. The van der Waals surface area contributed by atoms with Crippen molar-refractivity contribution in [1.29, 1.82) is 5.26 Å². The molecule has 5 heteroatoms. The van der Waals surface area contributed by atoms with Crippen LogP contribution in [0.4, 0.5) is 0 Å². The van der Waals surface area contributed by atoms with Crippen LogP contribution in [-0.2, 0) is 11.3 Å². The summed E-state index contributed by atoms with van der Waals surface area (Å²) in [6.07, 6.45) is 7.99. The summed E-state index contributed by atoms with van der Waals surface area (Å²) >= 11 is 0. The standard InChI is InChI=1S/C24H33N3O2/c1-26(16-18-5-3-6-22(12-18)29-2)17-23(28)27(8-4-7-25)24-13-19-9-20(14-24)11-21(10-19)15-24/h3,5-6,12,19-21H,4,8-11,13-17H2,1-2H3/p+1. The molecule has 4 saturated carbocycles. The molecule has 1 unspecified atom stereocenters. The van der Waals surface area contributed by atoms with E-state index in [4.69, 9.17) is 4.74 Å². The number of hydrogen-bond acceptors (Lipinski definition) is 3. The number of amides is 1. The van der Waals surface area contributed by atoms with E-state index in [-0.39, 0.29) is 11.4 Å². The van der Waals surface area contributed by atoms with Gasteiger partial charge in [0.15, 0.2) is 6.54 Å². The van der Waals surface area contributed by atoms with Gasteiger partial charge in [0.1, 0.15) is 12.3 Å². The summed E-state index contributed by atoms with van der Waals surface area (Å²) in [6.45, 7) is 1.86. The van der Waals surface area contributed by atoms with Gasteiger partial charge in [0.2, 0.25) is 0 Å². The molecule has 5 rings (SSSR count). The quantitative estimate of drug-likeness (QED) is 0.734. The predicted octanol–water partition coefficient (Wildman–Crippen LogP) is 2.42. The van der Waals surface area contributed by atoms with E-state index in [9.17, 15) is 10.1 Å². The van der Waals surface area contributed by atoms with Gasteiger partial charge in [0.25, 0.3) is 5.91 Å². The van der Waals surface area contributed by atoms with Gasteiger partial charge >= 0.3 is 0 Å². The molecular formula is C24H34N3O2+. The number of nitrogens with zero attached hydrogens (tertiary/aromatic N) is 2. The third-order valence-corrected chi connectivity index (χ3v) is 7.42. The van der Waals surface area contributed by atoms with E-state index in [1.165, 1.54) is 29.7 Å². The molecule has 4 aliphatic carbocycles. The van der Waals surface area contributed by atoms with E-state index in [1.54, 1.807) is 7.11 Å². The number of carbonyl (C=O) groups is 1. The number of benzene rings is 1. The molecule has 0 radical (unpaired) electrons. The maximum Gasteiger partial charge on any atom is 0.278 e. The number of nitriles is 1. The maximum absolute atomic E-state index is 13.5. The number of carbonyl (C=O) groups excluding carboxylic acids is 1. The van der Waals surface area contributed by atoms with Crippen LogP contribution in [-0.4, -0.2) is 43.6 Å². The minimum Gasteiger partial charge on any atom is -0.497 e. The molecule has 0 heterocycles. The molecule has 4 aliphatic rings. The summed E-state index contributed by atoms with van der Waals surface area (Å²) < 4.78 is 5.32. The number of nitrogens with one attached hydrogen (secondary N) is 1. The van der Waals surface area contributed by atoms with Crippen LogP contribution < -0.4 is 9.64 Å². The van der Waals surface area contributed by atoms with Crippen LogP contribution in [0.1, 0.15) is 50.5 Å². The van der Waals surface area contributed by atoms with Crippen LogP contribution in [0.5, 0.6) is 5.75 Å². The van der Waals surface area contributed by atoms with Gasteiger partial charge in [0.05, 0.1) is 26.6 Å². The van der Waals surface area contributed by atoms with Gasteiger partial charge in [-0.1, -0.05) is 12.1 Å². The first-order chi connectivity index (χ1) is 14.0. The van der Waals surface area contributed by atoms with Gasteiger partial charge in [-0.25, -0.2) is 0 Å². The number of likely N-dealkylation sites (N-methyl/N-ethyl adjacent to an activating group) is 1. The largest absolute Gasteiger partial charge is 0.497 e. The van der Waals surface area contributed by atoms with Crippen LogP contribution in [0.15, 0.2) is 24.3 Å². The van der Waals surface area contributed by atoms with Crippen LogP contribution in [0, 0.1) is 29.1 Å². The average Bonchev–Trinajstić information content (AvgIpc) is 2.67. The molecule has 1 atom stereocenters. The molecule has 1 N–H and O–H groups in total.